The van der Waals surface area contributed by atoms with Crippen molar-refractivity contribution < 1.29 is 4.79 Å². The molecular weight excluding hydrogens is 417 g/mol. The number of carbonyl (C=O) groups excluding carboxylic acids is 1. The van der Waals surface area contributed by atoms with E-state index in [1.165, 1.54) is 0 Å². The van der Waals surface area contributed by atoms with Crippen LogP contribution in [-0.2, 0) is 6.42 Å². The molecule has 5 heteroatoms. The van der Waals surface area contributed by atoms with Crippen LogP contribution >= 0.6 is 57.4 Å². The molecule has 19 heavy (non-hydrogen) atoms. The molecule has 2 aromatic rings. The van der Waals surface area contributed by atoms with Crippen molar-refractivity contribution in [1.29, 1.82) is 0 Å². The van der Waals surface area contributed by atoms with Gasteiger partial charge in [0.25, 0.3) is 0 Å². The molecule has 0 aliphatic carbocycles. The summed E-state index contributed by atoms with van der Waals surface area (Å²) in [5.41, 5.74) is 1.45. The number of hydrogen-bond acceptors (Lipinski definition) is 1. The van der Waals surface area contributed by atoms with Gasteiger partial charge in [-0.15, -0.1) is 0 Å². The lowest BCUT2D eigenvalue weighted by Gasteiger charge is -2.06. The van der Waals surface area contributed by atoms with Crippen molar-refractivity contribution in [3.63, 3.8) is 0 Å². The molecule has 0 fully saturated rings. The summed E-state index contributed by atoms with van der Waals surface area (Å²) in [4.78, 5) is 12.2. The van der Waals surface area contributed by atoms with E-state index in [-0.39, 0.29) is 12.2 Å². The molecule has 2 aromatic carbocycles. The van der Waals surface area contributed by atoms with E-state index in [0.29, 0.717) is 20.6 Å². The van der Waals surface area contributed by atoms with Crippen LogP contribution in [0.4, 0.5) is 0 Å². The molecular formula is C14H8Cl3IO. The molecule has 0 aromatic heterocycles. The lowest BCUT2D eigenvalue weighted by molar-refractivity contribution is 0.0992. The standard InChI is InChI=1S/C14H8Cl3IO/c15-9-2-4-13(18)10(7-9)14(19)6-8-1-3-11(16)12(17)5-8/h1-5,7H,6H2. The second kappa shape index (κ2) is 6.44. The minimum atomic E-state index is 0.00490. The lowest BCUT2D eigenvalue weighted by Crippen LogP contribution is -2.05. The first kappa shape index (κ1) is 15.1. The van der Waals surface area contributed by atoms with Crippen molar-refractivity contribution in [2.24, 2.45) is 0 Å². The quantitative estimate of drug-likeness (QED) is 0.457. The van der Waals surface area contributed by atoms with Gasteiger partial charge in [-0.1, -0.05) is 40.9 Å². The molecule has 0 spiro atoms. The van der Waals surface area contributed by atoms with Gasteiger partial charge in [-0.3, -0.25) is 4.79 Å². The van der Waals surface area contributed by atoms with Crippen LogP contribution in [-0.4, -0.2) is 5.78 Å². The van der Waals surface area contributed by atoms with Crippen molar-refractivity contribution >= 4 is 63.2 Å². The van der Waals surface area contributed by atoms with Gasteiger partial charge < -0.3 is 0 Å². The predicted octanol–water partition coefficient (Wildman–Crippen LogP) is 5.68. The molecule has 0 aliphatic heterocycles. The molecule has 0 bridgehead atoms. The molecule has 1 nitrogen and oxygen atoms in total. The SMILES string of the molecule is O=C(Cc1ccc(Cl)c(Cl)c1)c1cc(Cl)ccc1I. The molecule has 0 unspecified atom stereocenters. The monoisotopic (exact) mass is 424 g/mol. The minimum absolute atomic E-state index is 0.00490. The molecule has 98 valence electrons. The molecule has 2 rings (SSSR count). The molecule has 0 atom stereocenters. The van der Waals surface area contributed by atoms with Gasteiger partial charge in [0, 0.05) is 20.6 Å². The zero-order valence-corrected chi connectivity index (χ0v) is 14.0. The Balaban J connectivity index is 2.25. The third kappa shape index (κ3) is 3.85. The summed E-state index contributed by atoms with van der Waals surface area (Å²) in [6.45, 7) is 0. The van der Waals surface area contributed by atoms with Gasteiger partial charge >= 0.3 is 0 Å². The summed E-state index contributed by atoms with van der Waals surface area (Å²) in [5.74, 6) is 0.00490. The Bertz CT molecular complexity index is 641. The maximum atomic E-state index is 12.2. The van der Waals surface area contributed by atoms with Crippen LogP contribution in [0.1, 0.15) is 15.9 Å². The Hall–Kier alpha value is -0.290. The number of halogens is 4. The molecule has 0 N–H and O–H groups in total. The Morgan fingerprint density at radius 3 is 2.42 bits per heavy atom. The molecule has 0 amide bonds. The van der Waals surface area contributed by atoms with E-state index in [1.807, 2.05) is 6.07 Å². The number of hydrogen-bond donors (Lipinski definition) is 0. The maximum absolute atomic E-state index is 12.2. The molecule has 0 aliphatic rings. The third-order valence-electron chi connectivity index (χ3n) is 2.58. The average molecular weight is 425 g/mol. The first-order valence-corrected chi connectivity index (χ1v) is 7.61. The highest BCUT2D eigenvalue weighted by Gasteiger charge is 2.12. The van der Waals surface area contributed by atoms with E-state index in [4.69, 9.17) is 34.8 Å². The van der Waals surface area contributed by atoms with E-state index >= 15 is 0 Å². The van der Waals surface area contributed by atoms with Crippen LogP contribution in [0.2, 0.25) is 15.1 Å². The number of rotatable bonds is 3. The van der Waals surface area contributed by atoms with Crippen LogP contribution < -0.4 is 0 Å². The van der Waals surface area contributed by atoms with Crippen LogP contribution in [0.25, 0.3) is 0 Å². The second-order valence-electron chi connectivity index (χ2n) is 3.97. The number of Topliss-reactive ketones (excluding diaryl/α,β-unsaturated/α-hetero) is 1. The number of ketones is 1. The van der Waals surface area contributed by atoms with Crippen molar-refractivity contribution in [2.75, 3.05) is 0 Å². The molecule has 0 radical (unpaired) electrons. The Kier molecular flexibility index (Phi) is 5.12. The fourth-order valence-corrected chi connectivity index (χ4v) is 2.77. The largest absolute Gasteiger partial charge is 0.294 e. The van der Waals surface area contributed by atoms with E-state index < -0.39 is 0 Å². The van der Waals surface area contributed by atoms with E-state index in [1.54, 1.807) is 30.3 Å². The highest BCUT2D eigenvalue weighted by Crippen LogP contribution is 2.24. The van der Waals surface area contributed by atoms with Crippen LogP contribution in [0, 0.1) is 3.57 Å². The Labute approximate surface area is 140 Å². The van der Waals surface area contributed by atoms with Gasteiger partial charge in [0.05, 0.1) is 10.0 Å². The van der Waals surface area contributed by atoms with Crippen molar-refractivity contribution in [3.05, 3.63) is 66.2 Å². The zero-order chi connectivity index (χ0) is 14.0. The van der Waals surface area contributed by atoms with E-state index in [0.717, 1.165) is 9.13 Å². The third-order valence-corrected chi connectivity index (χ3v) is 4.49. The van der Waals surface area contributed by atoms with E-state index in [2.05, 4.69) is 22.6 Å². The van der Waals surface area contributed by atoms with Gasteiger partial charge in [0.2, 0.25) is 0 Å². The fourth-order valence-electron chi connectivity index (χ4n) is 1.64. The topological polar surface area (TPSA) is 17.1 Å². The molecule has 0 saturated carbocycles. The van der Waals surface area contributed by atoms with Crippen LogP contribution in [0.3, 0.4) is 0 Å². The normalized spacial score (nSPS) is 10.5. The lowest BCUT2D eigenvalue weighted by atomic mass is 10.0. The van der Waals surface area contributed by atoms with Gasteiger partial charge in [-0.05, 0) is 58.5 Å². The van der Waals surface area contributed by atoms with Crippen molar-refractivity contribution in [1.82, 2.24) is 0 Å². The number of carbonyl (C=O) groups is 1. The first-order valence-electron chi connectivity index (χ1n) is 5.39. The smallest absolute Gasteiger partial charge is 0.168 e. The maximum Gasteiger partial charge on any atom is 0.168 e. The highest BCUT2D eigenvalue weighted by molar-refractivity contribution is 14.1. The van der Waals surface area contributed by atoms with Gasteiger partial charge in [-0.2, -0.15) is 0 Å². The van der Waals surface area contributed by atoms with Crippen LogP contribution in [0.15, 0.2) is 36.4 Å². The molecule has 0 heterocycles. The van der Waals surface area contributed by atoms with Gasteiger partial charge in [0.15, 0.2) is 5.78 Å². The number of benzene rings is 2. The Morgan fingerprint density at radius 2 is 1.74 bits per heavy atom. The first-order chi connectivity index (χ1) is 8.97. The summed E-state index contributed by atoms with van der Waals surface area (Å²) in [6, 6.07) is 10.5. The second-order valence-corrected chi connectivity index (χ2v) is 6.39. The van der Waals surface area contributed by atoms with Gasteiger partial charge in [0.1, 0.15) is 0 Å². The summed E-state index contributed by atoms with van der Waals surface area (Å²) < 4.78 is 0.882. The highest BCUT2D eigenvalue weighted by atomic mass is 127. The predicted molar refractivity (Wildman–Crippen MR) is 88.7 cm³/mol. The zero-order valence-electron chi connectivity index (χ0n) is 9.59. The minimum Gasteiger partial charge on any atom is -0.294 e. The van der Waals surface area contributed by atoms with Gasteiger partial charge in [-0.25, -0.2) is 0 Å². The summed E-state index contributed by atoms with van der Waals surface area (Å²) in [7, 11) is 0. The Morgan fingerprint density at radius 1 is 1.00 bits per heavy atom. The average Bonchev–Trinajstić information content (AvgIpc) is 2.36. The summed E-state index contributed by atoms with van der Waals surface area (Å²) in [5, 5.41) is 1.49. The molecule has 0 saturated heterocycles. The summed E-state index contributed by atoms with van der Waals surface area (Å²) >= 11 is 19.8. The summed E-state index contributed by atoms with van der Waals surface area (Å²) in [6.07, 6.45) is 0.271. The fraction of sp³-hybridized carbons (Fsp3) is 0.0714. The van der Waals surface area contributed by atoms with Crippen molar-refractivity contribution in [2.45, 2.75) is 6.42 Å². The van der Waals surface area contributed by atoms with Crippen LogP contribution in [0.5, 0.6) is 0 Å². The van der Waals surface area contributed by atoms with E-state index in [9.17, 15) is 4.79 Å². The van der Waals surface area contributed by atoms with Crippen molar-refractivity contribution in [3.8, 4) is 0 Å².